The largest absolute Gasteiger partial charge is 0.507 e. The Morgan fingerprint density at radius 2 is 1.91 bits per heavy atom. The third kappa shape index (κ3) is 3.96. The predicted octanol–water partition coefficient (Wildman–Crippen LogP) is 3.48. The van der Waals surface area contributed by atoms with E-state index in [4.69, 9.17) is 14.2 Å². The van der Waals surface area contributed by atoms with Crippen molar-refractivity contribution in [2.75, 3.05) is 27.4 Å². The van der Waals surface area contributed by atoms with Crippen LogP contribution in [0.4, 0.5) is 0 Å². The number of ether oxygens (including phenoxy) is 3. The van der Waals surface area contributed by atoms with Crippen molar-refractivity contribution < 1.29 is 28.9 Å². The number of hydrogen-bond donors (Lipinski definition) is 1. The number of methoxy groups -OCH3 is 2. The van der Waals surface area contributed by atoms with Crippen molar-refractivity contribution in [2.45, 2.75) is 31.9 Å². The molecule has 2 aliphatic rings. The molecular formula is C25H27NO6. The highest BCUT2D eigenvalue weighted by Gasteiger charge is 2.45. The second-order valence-corrected chi connectivity index (χ2v) is 8.07. The molecule has 0 radical (unpaired) electrons. The zero-order chi connectivity index (χ0) is 22.8. The fraction of sp³-hybridized carbons (Fsp3) is 0.360. The lowest BCUT2D eigenvalue weighted by atomic mass is 9.94. The quantitative estimate of drug-likeness (QED) is 0.309. The Labute approximate surface area is 187 Å². The van der Waals surface area contributed by atoms with Gasteiger partial charge in [-0.05, 0) is 54.8 Å². The van der Waals surface area contributed by atoms with Crippen molar-refractivity contribution in [1.29, 1.82) is 0 Å². The van der Waals surface area contributed by atoms with Crippen molar-refractivity contribution in [3.63, 3.8) is 0 Å². The maximum atomic E-state index is 13.1. The van der Waals surface area contributed by atoms with E-state index >= 15 is 0 Å². The first-order chi connectivity index (χ1) is 15.4. The lowest BCUT2D eigenvalue weighted by Crippen LogP contribution is -2.31. The van der Waals surface area contributed by atoms with Gasteiger partial charge in [0.2, 0.25) is 0 Å². The smallest absolute Gasteiger partial charge is 0.295 e. The fourth-order valence-corrected chi connectivity index (χ4v) is 4.35. The van der Waals surface area contributed by atoms with Gasteiger partial charge >= 0.3 is 0 Å². The van der Waals surface area contributed by atoms with E-state index in [0.29, 0.717) is 30.9 Å². The molecule has 168 valence electrons. The first-order valence-electron chi connectivity index (χ1n) is 10.7. The number of hydrogen-bond acceptors (Lipinski definition) is 6. The molecule has 7 nitrogen and oxygen atoms in total. The molecule has 0 unspecified atom stereocenters. The van der Waals surface area contributed by atoms with Crippen LogP contribution in [0.5, 0.6) is 11.5 Å². The number of aliphatic hydroxyl groups excluding tert-OH is 1. The van der Waals surface area contributed by atoms with Crippen molar-refractivity contribution in [3.8, 4) is 11.5 Å². The molecule has 0 aliphatic carbocycles. The Morgan fingerprint density at radius 1 is 1.16 bits per heavy atom. The summed E-state index contributed by atoms with van der Waals surface area (Å²) in [7, 11) is 3.16. The maximum absolute atomic E-state index is 13.1. The molecule has 1 amide bonds. The number of amides is 1. The fourth-order valence-electron chi connectivity index (χ4n) is 4.35. The number of nitrogens with zero attached hydrogens (tertiary/aromatic N) is 1. The zero-order valence-electron chi connectivity index (χ0n) is 18.5. The highest BCUT2D eigenvalue weighted by molar-refractivity contribution is 6.46. The van der Waals surface area contributed by atoms with Gasteiger partial charge in [-0.1, -0.05) is 12.1 Å². The van der Waals surface area contributed by atoms with Crippen LogP contribution >= 0.6 is 0 Å². The lowest BCUT2D eigenvalue weighted by Gasteiger charge is -2.25. The minimum atomic E-state index is -0.693. The van der Waals surface area contributed by atoms with Gasteiger partial charge in [0.1, 0.15) is 23.4 Å². The minimum Gasteiger partial charge on any atom is -0.507 e. The summed E-state index contributed by atoms with van der Waals surface area (Å²) in [5, 5.41) is 11.2. The molecule has 2 aromatic rings. The molecule has 2 heterocycles. The number of fused-ring (bicyclic) bond motifs is 1. The van der Waals surface area contributed by atoms with Crippen LogP contribution in [0, 0.1) is 0 Å². The van der Waals surface area contributed by atoms with Gasteiger partial charge in [-0.25, -0.2) is 0 Å². The molecule has 0 spiro atoms. The summed E-state index contributed by atoms with van der Waals surface area (Å²) in [6, 6.07) is 11.8. The Hall–Kier alpha value is -3.32. The van der Waals surface area contributed by atoms with E-state index in [1.54, 1.807) is 38.5 Å². The van der Waals surface area contributed by atoms with Crippen LogP contribution in [0.2, 0.25) is 0 Å². The number of ketones is 1. The number of Topliss-reactive ketones (excluding diaryl/α,β-unsaturated/α-hetero) is 1. The molecule has 0 aromatic heterocycles. The van der Waals surface area contributed by atoms with Gasteiger partial charge in [-0.3, -0.25) is 9.59 Å². The summed E-state index contributed by atoms with van der Waals surface area (Å²) in [6.45, 7) is 2.78. The van der Waals surface area contributed by atoms with E-state index in [2.05, 4.69) is 0 Å². The van der Waals surface area contributed by atoms with E-state index in [1.165, 1.54) is 4.90 Å². The molecule has 0 saturated carbocycles. The molecule has 4 rings (SSSR count). The van der Waals surface area contributed by atoms with Gasteiger partial charge in [0, 0.05) is 32.2 Å². The summed E-state index contributed by atoms with van der Waals surface area (Å²) >= 11 is 0. The number of likely N-dealkylation sites (tertiary alicyclic amines) is 1. The van der Waals surface area contributed by atoms with E-state index in [1.807, 2.05) is 25.1 Å². The molecular weight excluding hydrogens is 410 g/mol. The molecule has 0 bridgehead atoms. The van der Waals surface area contributed by atoms with Gasteiger partial charge < -0.3 is 24.2 Å². The first-order valence-corrected chi connectivity index (χ1v) is 10.7. The van der Waals surface area contributed by atoms with Gasteiger partial charge in [0.25, 0.3) is 11.7 Å². The average Bonchev–Trinajstić information content (AvgIpc) is 3.29. The van der Waals surface area contributed by atoms with Crippen LogP contribution in [0.1, 0.15) is 36.1 Å². The van der Waals surface area contributed by atoms with Crippen LogP contribution in [0.25, 0.3) is 5.76 Å². The minimum absolute atomic E-state index is 0.0630. The molecule has 2 atom stereocenters. The Morgan fingerprint density at radius 3 is 2.59 bits per heavy atom. The Kier molecular flexibility index (Phi) is 6.19. The van der Waals surface area contributed by atoms with Crippen molar-refractivity contribution in [1.82, 2.24) is 4.90 Å². The third-order valence-corrected chi connectivity index (χ3v) is 5.89. The molecule has 7 heteroatoms. The number of rotatable bonds is 7. The number of aliphatic hydroxyl groups is 1. The molecule has 2 aromatic carbocycles. The van der Waals surface area contributed by atoms with Crippen molar-refractivity contribution in [3.05, 3.63) is 64.7 Å². The molecule has 1 N–H and O–H groups in total. The first kappa shape index (κ1) is 21.9. The Balaban J connectivity index is 1.79. The summed E-state index contributed by atoms with van der Waals surface area (Å²) in [6.07, 6.45) is 1.36. The second-order valence-electron chi connectivity index (χ2n) is 8.07. The summed E-state index contributed by atoms with van der Waals surface area (Å²) in [5.74, 6) is -0.0493. The predicted molar refractivity (Wildman–Crippen MR) is 119 cm³/mol. The third-order valence-electron chi connectivity index (χ3n) is 5.89. The second kappa shape index (κ2) is 9.04. The van der Waals surface area contributed by atoms with Crippen molar-refractivity contribution in [2.24, 2.45) is 0 Å². The SMILES string of the molecule is COCCCN1C(=O)C(=O)C(=C(O)c2ccc3c(c2)C[C@H](C)O3)[C@H]1c1ccc(OC)cc1. The van der Waals surface area contributed by atoms with E-state index in [-0.39, 0.29) is 17.4 Å². The zero-order valence-corrected chi connectivity index (χ0v) is 18.5. The standard InChI is InChI=1S/C25H27NO6/c1-15-13-18-14-17(7-10-20(18)32-15)23(27)21-22(16-5-8-19(31-3)9-6-16)26(11-4-12-30-2)25(29)24(21)28/h5-10,14-15,22,27H,4,11-13H2,1-3H3/t15-,22+/m0/s1. The Bertz CT molecular complexity index is 1060. The highest BCUT2D eigenvalue weighted by atomic mass is 16.5. The van der Waals surface area contributed by atoms with Crippen molar-refractivity contribution >= 4 is 17.4 Å². The average molecular weight is 437 g/mol. The maximum Gasteiger partial charge on any atom is 0.295 e. The summed E-state index contributed by atoms with van der Waals surface area (Å²) in [4.78, 5) is 27.5. The highest BCUT2D eigenvalue weighted by Crippen LogP contribution is 2.41. The molecule has 1 saturated heterocycles. The van der Waals surface area contributed by atoms with Crippen LogP contribution < -0.4 is 9.47 Å². The molecule has 2 aliphatic heterocycles. The van der Waals surface area contributed by atoms with E-state index in [9.17, 15) is 14.7 Å². The molecule has 32 heavy (non-hydrogen) atoms. The van der Waals surface area contributed by atoms with Crippen LogP contribution in [-0.4, -0.2) is 55.2 Å². The van der Waals surface area contributed by atoms with E-state index < -0.39 is 17.7 Å². The normalized spacial score (nSPS) is 21.5. The van der Waals surface area contributed by atoms with Crippen LogP contribution in [0.15, 0.2) is 48.0 Å². The topological polar surface area (TPSA) is 85.3 Å². The van der Waals surface area contributed by atoms with Gasteiger partial charge in [-0.2, -0.15) is 0 Å². The lowest BCUT2D eigenvalue weighted by molar-refractivity contribution is -0.140. The van der Waals surface area contributed by atoms with Crippen LogP contribution in [-0.2, 0) is 20.7 Å². The van der Waals surface area contributed by atoms with E-state index in [0.717, 1.165) is 23.3 Å². The van der Waals surface area contributed by atoms with Gasteiger partial charge in [-0.15, -0.1) is 0 Å². The van der Waals surface area contributed by atoms with Crippen LogP contribution in [0.3, 0.4) is 0 Å². The molecule has 1 fully saturated rings. The van der Waals surface area contributed by atoms with Gasteiger partial charge in [0.15, 0.2) is 0 Å². The number of benzene rings is 2. The number of carbonyl (C=O) groups excluding carboxylic acids is 2. The van der Waals surface area contributed by atoms with Gasteiger partial charge in [0.05, 0.1) is 18.7 Å². The summed E-state index contributed by atoms with van der Waals surface area (Å²) in [5.41, 5.74) is 2.28. The summed E-state index contributed by atoms with van der Waals surface area (Å²) < 4.78 is 16.1. The number of carbonyl (C=O) groups is 2. The monoisotopic (exact) mass is 437 g/mol.